The molecule has 10 nitrogen and oxygen atoms in total. The Morgan fingerprint density at radius 3 is 2.51 bits per heavy atom. The number of rotatable bonds is 7. The smallest absolute Gasteiger partial charge is 0.422 e. The highest BCUT2D eigenvalue weighted by Crippen LogP contribution is 2.26. The summed E-state index contributed by atoms with van der Waals surface area (Å²) in [7, 11) is 0. The Balaban J connectivity index is 1.23. The van der Waals surface area contributed by atoms with Gasteiger partial charge in [-0.15, -0.1) is 0 Å². The van der Waals surface area contributed by atoms with Crippen LogP contribution in [0.25, 0.3) is 22.3 Å². The quantitative estimate of drug-likeness (QED) is 0.295. The van der Waals surface area contributed by atoms with Crippen LogP contribution >= 0.6 is 0 Å². The van der Waals surface area contributed by atoms with E-state index in [9.17, 15) is 18.0 Å². The average molecular weight is 598 g/mol. The molecule has 1 unspecified atom stereocenters. The number of hydrogen-bond donors (Lipinski definition) is 1. The molecule has 228 valence electrons. The summed E-state index contributed by atoms with van der Waals surface area (Å²) >= 11 is 0. The van der Waals surface area contributed by atoms with Gasteiger partial charge in [0, 0.05) is 62.2 Å². The third-order valence-corrected chi connectivity index (χ3v) is 7.04. The summed E-state index contributed by atoms with van der Waals surface area (Å²) in [5, 5.41) is 0. The van der Waals surface area contributed by atoms with Gasteiger partial charge in [-0.05, 0) is 57.5 Å². The third-order valence-electron chi connectivity index (χ3n) is 7.04. The van der Waals surface area contributed by atoms with E-state index in [1.807, 2.05) is 39.0 Å². The molecule has 0 bridgehead atoms. The van der Waals surface area contributed by atoms with E-state index in [0.717, 1.165) is 41.2 Å². The van der Waals surface area contributed by atoms with E-state index in [0.29, 0.717) is 30.8 Å². The Morgan fingerprint density at radius 2 is 1.79 bits per heavy atom. The molecular weight excluding hydrogens is 563 g/mol. The molecule has 1 fully saturated rings. The SMILES string of the molecule is CC(c1ccnc(Cc2nc3ccc(-c4cc(OCC(F)(F)F)ncn4)cc3[nH]2)c1)N1CCN(C(=O)OC(C)(C)C)CC1. The summed E-state index contributed by atoms with van der Waals surface area (Å²) in [6.07, 6.45) is -1.28. The predicted molar refractivity (Wildman–Crippen MR) is 154 cm³/mol. The Labute approximate surface area is 247 Å². The van der Waals surface area contributed by atoms with Gasteiger partial charge < -0.3 is 19.4 Å². The first-order valence-electron chi connectivity index (χ1n) is 14.0. The summed E-state index contributed by atoms with van der Waals surface area (Å²) in [6.45, 7) is 9.02. The molecule has 1 N–H and O–H groups in total. The predicted octanol–water partition coefficient (Wildman–Crippen LogP) is 5.56. The van der Waals surface area contributed by atoms with Crippen molar-refractivity contribution in [3.05, 3.63) is 66.0 Å². The highest BCUT2D eigenvalue weighted by atomic mass is 19.4. The molecule has 4 aromatic rings. The Bertz CT molecular complexity index is 1580. The van der Waals surface area contributed by atoms with Crippen LogP contribution in [-0.2, 0) is 11.2 Å². The van der Waals surface area contributed by atoms with Gasteiger partial charge in [0.1, 0.15) is 17.8 Å². The molecule has 1 atom stereocenters. The lowest BCUT2D eigenvalue weighted by Gasteiger charge is -2.38. The maximum atomic E-state index is 12.5. The number of aromatic nitrogens is 5. The molecule has 0 aliphatic carbocycles. The van der Waals surface area contributed by atoms with E-state index in [-0.39, 0.29) is 18.0 Å². The van der Waals surface area contributed by atoms with Crippen molar-refractivity contribution in [3.8, 4) is 17.1 Å². The number of H-pyrrole nitrogens is 1. The minimum Gasteiger partial charge on any atom is -0.468 e. The summed E-state index contributed by atoms with van der Waals surface area (Å²) in [4.78, 5) is 37.0. The van der Waals surface area contributed by atoms with Gasteiger partial charge >= 0.3 is 12.3 Å². The highest BCUT2D eigenvalue weighted by Gasteiger charge is 2.29. The Kier molecular flexibility index (Phi) is 8.54. The van der Waals surface area contributed by atoms with Crippen molar-refractivity contribution in [2.75, 3.05) is 32.8 Å². The zero-order chi connectivity index (χ0) is 30.8. The minimum atomic E-state index is -4.46. The van der Waals surface area contributed by atoms with Crippen LogP contribution in [0, 0.1) is 0 Å². The van der Waals surface area contributed by atoms with Crippen molar-refractivity contribution in [1.29, 1.82) is 0 Å². The van der Waals surface area contributed by atoms with E-state index in [1.165, 1.54) is 12.4 Å². The number of ether oxygens (including phenoxy) is 2. The van der Waals surface area contributed by atoms with Crippen LogP contribution in [0.2, 0.25) is 0 Å². The largest absolute Gasteiger partial charge is 0.468 e. The second-order valence-corrected chi connectivity index (χ2v) is 11.5. The molecular formula is C30H34F3N7O3. The number of hydrogen-bond acceptors (Lipinski definition) is 8. The van der Waals surface area contributed by atoms with Crippen molar-refractivity contribution in [3.63, 3.8) is 0 Å². The molecule has 0 spiro atoms. The molecule has 5 rings (SSSR count). The molecule has 1 aliphatic heterocycles. The number of piperazine rings is 1. The molecule has 1 aliphatic rings. The number of amides is 1. The fraction of sp³-hybridized carbons (Fsp3) is 0.433. The van der Waals surface area contributed by atoms with E-state index < -0.39 is 18.4 Å². The molecule has 3 aromatic heterocycles. The number of benzene rings is 1. The highest BCUT2D eigenvalue weighted by molar-refractivity contribution is 5.81. The van der Waals surface area contributed by atoms with Crippen LogP contribution in [-0.4, -0.2) is 85.4 Å². The third kappa shape index (κ3) is 7.98. The van der Waals surface area contributed by atoms with Crippen LogP contribution in [0.15, 0.2) is 48.9 Å². The first-order valence-corrected chi connectivity index (χ1v) is 14.0. The van der Waals surface area contributed by atoms with E-state index >= 15 is 0 Å². The molecule has 0 saturated carbocycles. The van der Waals surface area contributed by atoms with Crippen LogP contribution in [0.1, 0.15) is 50.8 Å². The lowest BCUT2D eigenvalue weighted by atomic mass is 10.1. The Hall–Kier alpha value is -4.26. The second-order valence-electron chi connectivity index (χ2n) is 11.5. The average Bonchev–Trinajstić information content (AvgIpc) is 3.36. The standard InChI is InChI=1S/C30H34F3N7O3/c1-19(39-9-11-40(12-10-39)28(41)43-29(2,3)4)20-7-8-34-22(13-20)15-26-37-23-6-5-21(14-25(23)38-26)24-16-27(36-18-35-24)42-17-30(31,32)33/h5-8,13-14,16,18-19H,9-12,15,17H2,1-4H3,(H,37,38). The number of nitrogens with zero attached hydrogens (tertiary/aromatic N) is 6. The molecule has 1 saturated heterocycles. The topological polar surface area (TPSA) is 109 Å². The molecule has 1 amide bonds. The molecule has 43 heavy (non-hydrogen) atoms. The number of fused-ring (bicyclic) bond motifs is 1. The maximum Gasteiger partial charge on any atom is 0.422 e. The first kappa shape index (κ1) is 30.2. The van der Waals surface area contributed by atoms with Crippen molar-refractivity contribution in [2.24, 2.45) is 0 Å². The normalized spacial score (nSPS) is 15.5. The van der Waals surface area contributed by atoms with Gasteiger partial charge in [0.25, 0.3) is 0 Å². The maximum absolute atomic E-state index is 12.5. The number of pyridine rings is 1. The fourth-order valence-electron chi connectivity index (χ4n) is 4.89. The van der Waals surface area contributed by atoms with Crippen molar-refractivity contribution in [2.45, 2.75) is 51.9 Å². The monoisotopic (exact) mass is 597 g/mol. The molecule has 4 heterocycles. The van der Waals surface area contributed by atoms with Gasteiger partial charge in [0.15, 0.2) is 6.61 Å². The van der Waals surface area contributed by atoms with E-state index in [2.05, 4.69) is 37.8 Å². The van der Waals surface area contributed by atoms with Gasteiger partial charge in [-0.1, -0.05) is 6.07 Å². The summed E-state index contributed by atoms with van der Waals surface area (Å²) in [6, 6.07) is 11.1. The van der Waals surface area contributed by atoms with E-state index in [1.54, 1.807) is 17.2 Å². The minimum absolute atomic E-state index is 0.138. The number of alkyl halides is 3. The van der Waals surface area contributed by atoms with Gasteiger partial charge in [0.2, 0.25) is 5.88 Å². The summed E-state index contributed by atoms with van der Waals surface area (Å²) in [5.41, 5.74) is 4.09. The summed E-state index contributed by atoms with van der Waals surface area (Å²) in [5.74, 6) is 0.574. The van der Waals surface area contributed by atoms with Crippen molar-refractivity contribution < 1.29 is 27.4 Å². The number of carbonyl (C=O) groups excluding carboxylic acids is 1. The van der Waals surface area contributed by atoms with Crippen molar-refractivity contribution >= 4 is 17.1 Å². The molecule has 13 heteroatoms. The first-order chi connectivity index (χ1) is 20.3. The number of carbonyl (C=O) groups is 1. The van der Waals surface area contributed by atoms with Crippen LogP contribution in [0.4, 0.5) is 18.0 Å². The molecule has 0 radical (unpaired) electrons. The van der Waals surface area contributed by atoms with Crippen LogP contribution in [0.5, 0.6) is 5.88 Å². The van der Waals surface area contributed by atoms with Crippen LogP contribution < -0.4 is 4.74 Å². The Morgan fingerprint density at radius 1 is 1.02 bits per heavy atom. The van der Waals surface area contributed by atoms with Gasteiger partial charge in [-0.3, -0.25) is 9.88 Å². The van der Waals surface area contributed by atoms with E-state index in [4.69, 9.17) is 14.5 Å². The van der Waals surface area contributed by atoms with Gasteiger partial charge in [-0.25, -0.2) is 19.7 Å². The lowest BCUT2D eigenvalue weighted by Crippen LogP contribution is -2.50. The zero-order valence-corrected chi connectivity index (χ0v) is 24.5. The number of aromatic amines is 1. The zero-order valence-electron chi connectivity index (χ0n) is 24.5. The fourth-order valence-corrected chi connectivity index (χ4v) is 4.89. The number of nitrogens with one attached hydrogen (secondary N) is 1. The second kappa shape index (κ2) is 12.2. The molecule has 1 aromatic carbocycles. The summed E-state index contributed by atoms with van der Waals surface area (Å²) < 4.78 is 47.8. The van der Waals surface area contributed by atoms with Crippen LogP contribution in [0.3, 0.4) is 0 Å². The lowest BCUT2D eigenvalue weighted by molar-refractivity contribution is -0.154. The van der Waals surface area contributed by atoms with Gasteiger partial charge in [-0.2, -0.15) is 13.2 Å². The van der Waals surface area contributed by atoms with Gasteiger partial charge in [0.05, 0.1) is 16.7 Å². The van der Waals surface area contributed by atoms with Crippen molar-refractivity contribution in [1.82, 2.24) is 34.7 Å². The number of halogens is 3. The number of imidazole rings is 1.